The number of piperidine rings is 1. The normalized spacial score (nSPS) is 19.6. The van der Waals surface area contributed by atoms with Crippen LogP contribution in [0.25, 0.3) is 0 Å². The number of hydrogen-bond donors (Lipinski definition) is 1. The Morgan fingerprint density at radius 1 is 1.50 bits per heavy atom. The Hall–Kier alpha value is -0.280. The average molecular weight is 219 g/mol. The van der Waals surface area contributed by atoms with E-state index in [9.17, 15) is 4.79 Å². The van der Waals surface area contributed by atoms with Crippen molar-refractivity contribution in [1.29, 1.82) is 0 Å². The van der Waals surface area contributed by atoms with Gasteiger partial charge in [-0.3, -0.25) is 4.79 Å². The number of carbonyl (C=O) groups excluding carboxylic acids is 1. The Bertz CT molecular complexity index is 179. The van der Waals surface area contributed by atoms with E-state index in [0.29, 0.717) is 6.04 Å². The summed E-state index contributed by atoms with van der Waals surface area (Å²) in [7, 11) is 0. The zero-order chi connectivity index (χ0) is 10.4. The lowest BCUT2D eigenvalue weighted by atomic mass is 10.1. The van der Waals surface area contributed by atoms with E-state index < -0.39 is 0 Å². The molecule has 3 nitrogen and oxygen atoms in total. The first-order valence-electron chi connectivity index (χ1n) is 5.28. The maximum atomic E-state index is 10.8. The first kappa shape index (κ1) is 11.8. The van der Waals surface area contributed by atoms with Gasteiger partial charge in [-0.2, -0.15) is 0 Å². The van der Waals surface area contributed by atoms with Crippen LogP contribution >= 0.6 is 11.6 Å². The summed E-state index contributed by atoms with van der Waals surface area (Å²) in [6.07, 6.45) is 3.20. The summed E-state index contributed by atoms with van der Waals surface area (Å²) in [5.41, 5.74) is 0. The standard InChI is InChI=1S/C10H19ClN2O/c1-9(14)12-10-3-7-13(8-4-10)6-2-5-11/h10H,2-8H2,1H3,(H,12,14). The highest BCUT2D eigenvalue weighted by molar-refractivity contribution is 6.17. The molecule has 0 spiro atoms. The molecule has 0 aromatic carbocycles. The van der Waals surface area contributed by atoms with Gasteiger partial charge in [0, 0.05) is 31.9 Å². The van der Waals surface area contributed by atoms with E-state index in [0.717, 1.165) is 44.8 Å². The van der Waals surface area contributed by atoms with Crippen LogP contribution in [0.1, 0.15) is 26.2 Å². The molecule has 0 unspecified atom stereocenters. The summed E-state index contributed by atoms with van der Waals surface area (Å²) in [5, 5.41) is 2.97. The second kappa shape index (κ2) is 6.25. The molecule has 82 valence electrons. The summed E-state index contributed by atoms with van der Waals surface area (Å²) < 4.78 is 0. The van der Waals surface area contributed by atoms with Gasteiger partial charge in [-0.05, 0) is 25.8 Å². The molecule has 0 saturated carbocycles. The predicted octanol–water partition coefficient (Wildman–Crippen LogP) is 1.22. The molecule has 4 heteroatoms. The quantitative estimate of drug-likeness (QED) is 0.720. The van der Waals surface area contributed by atoms with Gasteiger partial charge in [0.1, 0.15) is 0 Å². The second-order valence-corrected chi connectivity index (χ2v) is 4.24. The number of likely N-dealkylation sites (tertiary alicyclic amines) is 1. The van der Waals surface area contributed by atoms with Crippen molar-refractivity contribution < 1.29 is 4.79 Å². The largest absolute Gasteiger partial charge is 0.354 e. The van der Waals surface area contributed by atoms with Crippen LogP contribution in [-0.4, -0.2) is 42.4 Å². The number of carbonyl (C=O) groups is 1. The van der Waals surface area contributed by atoms with Gasteiger partial charge in [-0.25, -0.2) is 0 Å². The second-order valence-electron chi connectivity index (χ2n) is 3.86. The van der Waals surface area contributed by atoms with E-state index in [4.69, 9.17) is 11.6 Å². The van der Waals surface area contributed by atoms with Crippen molar-refractivity contribution in [1.82, 2.24) is 10.2 Å². The maximum absolute atomic E-state index is 10.8. The minimum atomic E-state index is 0.0872. The molecule has 1 fully saturated rings. The van der Waals surface area contributed by atoms with Crippen LogP contribution in [0.5, 0.6) is 0 Å². The molecule has 0 bridgehead atoms. The van der Waals surface area contributed by atoms with Crippen LogP contribution in [-0.2, 0) is 4.79 Å². The predicted molar refractivity (Wildman–Crippen MR) is 58.6 cm³/mol. The molecule has 0 radical (unpaired) electrons. The lowest BCUT2D eigenvalue weighted by Gasteiger charge is -2.31. The van der Waals surface area contributed by atoms with Crippen LogP contribution in [0.15, 0.2) is 0 Å². The summed E-state index contributed by atoms with van der Waals surface area (Å²) in [4.78, 5) is 13.2. The van der Waals surface area contributed by atoms with Crippen LogP contribution in [0, 0.1) is 0 Å². The SMILES string of the molecule is CC(=O)NC1CCN(CCCCl)CC1. The third kappa shape index (κ3) is 4.29. The first-order chi connectivity index (χ1) is 6.72. The van der Waals surface area contributed by atoms with Crippen molar-refractivity contribution in [2.24, 2.45) is 0 Å². The third-order valence-electron chi connectivity index (χ3n) is 2.60. The number of nitrogens with zero attached hydrogens (tertiary/aromatic N) is 1. The molecule has 1 amide bonds. The highest BCUT2D eigenvalue weighted by Gasteiger charge is 2.18. The average Bonchev–Trinajstić information content (AvgIpc) is 2.16. The van der Waals surface area contributed by atoms with Gasteiger partial charge in [0.2, 0.25) is 5.91 Å². The molecule has 1 aliphatic rings. The van der Waals surface area contributed by atoms with Crippen molar-refractivity contribution in [2.75, 3.05) is 25.5 Å². The summed E-state index contributed by atoms with van der Waals surface area (Å²) >= 11 is 5.63. The smallest absolute Gasteiger partial charge is 0.217 e. The van der Waals surface area contributed by atoms with Gasteiger partial charge in [-0.15, -0.1) is 11.6 Å². The van der Waals surface area contributed by atoms with E-state index in [1.165, 1.54) is 0 Å². The van der Waals surface area contributed by atoms with Crippen molar-refractivity contribution in [3.63, 3.8) is 0 Å². The van der Waals surface area contributed by atoms with Gasteiger partial charge >= 0.3 is 0 Å². The van der Waals surface area contributed by atoms with Gasteiger partial charge in [0.05, 0.1) is 0 Å². The minimum absolute atomic E-state index is 0.0872. The molecular weight excluding hydrogens is 200 g/mol. The van der Waals surface area contributed by atoms with E-state index in [2.05, 4.69) is 10.2 Å². The lowest BCUT2D eigenvalue weighted by molar-refractivity contribution is -0.119. The minimum Gasteiger partial charge on any atom is -0.354 e. The zero-order valence-corrected chi connectivity index (χ0v) is 9.52. The summed E-state index contributed by atoms with van der Waals surface area (Å²) in [6.45, 7) is 4.85. The zero-order valence-electron chi connectivity index (χ0n) is 8.76. The number of halogens is 1. The van der Waals surface area contributed by atoms with Crippen molar-refractivity contribution in [3.05, 3.63) is 0 Å². The maximum Gasteiger partial charge on any atom is 0.217 e. The molecule has 0 aromatic heterocycles. The van der Waals surface area contributed by atoms with Gasteiger partial charge in [0.25, 0.3) is 0 Å². The van der Waals surface area contributed by atoms with Crippen LogP contribution in [0.4, 0.5) is 0 Å². The van der Waals surface area contributed by atoms with Crippen molar-refractivity contribution in [2.45, 2.75) is 32.2 Å². The Labute approximate surface area is 90.8 Å². The lowest BCUT2D eigenvalue weighted by Crippen LogP contribution is -2.44. The molecule has 1 saturated heterocycles. The first-order valence-corrected chi connectivity index (χ1v) is 5.81. The van der Waals surface area contributed by atoms with E-state index in [-0.39, 0.29) is 5.91 Å². The van der Waals surface area contributed by atoms with E-state index in [1.807, 2.05) is 0 Å². The number of rotatable bonds is 4. The number of hydrogen-bond acceptors (Lipinski definition) is 2. The topological polar surface area (TPSA) is 32.3 Å². The Kier molecular flexibility index (Phi) is 5.26. The highest BCUT2D eigenvalue weighted by atomic mass is 35.5. The van der Waals surface area contributed by atoms with Gasteiger partial charge in [0.15, 0.2) is 0 Å². The van der Waals surface area contributed by atoms with Gasteiger partial charge < -0.3 is 10.2 Å². The third-order valence-corrected chi connectivity index (χ3v) is 2.87. The molecular formula is C10H19ClN2O. The summed E-state index contributed by atoms with van der Waals surface area (Å²) in [5.74, 6) is 0.829. The fraction of sp³-hybridized carbons (Fsp3) is 0.900. The molecule has 1 rings (SSSR count). The Balaban J connectivity index is 2.14. The highest BCUT2D eigenvalue weighted by Crippen LogP contribution is 2.10. The Morgan fingerprint density at radius 2 is 2.14 bits per heavy atom. The van der Waals surface area contributed by atoms with Crippen molar-refractivity contribution >= 4 is 17.5 Å². The fourth-order valence-corrected chi connectivity index (χ4v) is 1.99. The fourth-order valence-electron chi connectivity index (χ4n) is 1.87. The number of nitrogens with one attached hydrogen (secondary N) is 1. The molecule has 1 heterocycles. The molecule has 1 aliphatic heterocycles. The van der Waals surface area contributed by atoms with Crippen molar-refractivity contribution in [3.8, 4) is 0 Å². The van der Waals surface area contributed by atoms with Crippen LogP contribution in [0.2, 0.25) is 0 Å². The van der Waals surface area contributed by atoms with Gasteiger partial charge in [-0.1, -0.05) is 0 Å². The molecule has 0 aromatic rings. The Morgan fingerprint density at radius 3 is 2.64 bits per heavy atom. The van der Waals surface area contributed by atoms with E-state index >= 15 is 0 Å². The molecule has 0 aliphatic carbocycles. The van der Waals surface area contributed by atoms with E-state index in [1.54, 1.807) is 6.92 Å². The molecule has 1 N–H and O–H groups in total. The molecule has 0 atom stereocenters. The van der Waals surface area contributed by atoms with Crippen LogP contribution < -0.4 is 5.32 Å². The monoisotopic (exact) mass is 218 g/mol. The molecule has 14 heavy (non-hydrogen) atoms. The number of alkyl halides is 1. The summed E-state index contributed by atoms with van der Waals surface area (Å²) in [6, 6.07) is 0.389. The van der Waals surface area contributed by atoms with Crippen LogP contribution in [0.3, 0.4) is 0 Å². The number of amides is 1.